The molecule has 0 aromatic carbocycles. The maximum absolute atomic E-state index is 12.1. The van der Waals surface area contributed by atoms with Gasteiger partial charge in [0, 0.05) is 24.4 Å². The predicted octanol–water partition coefficient (Wildman–Crippen LogP) is 2.56. The molecule has 2 heterocycles. The molecule has 0 unspecified atom stereocenters. The fourth-order valence-electron chi connectivity index (χ4n) is 1.62. The lowest BCUT2D eigenvalue weighted by atomic mass is 10.2. The SMILES string of the molecule is O=c1cccc(CC=C(F)F)n1-c1ccccn1. The molecule has 0 N–H and O–H groups in total. The molecule has 2 aromatic heterocycles. The van der Waals surface area contributed by atoms with Crippen molar-refractivity contribution in [2.45, 2.75) is 6.42 Å². The summed E-state index contributed by atoms with van der Waals surface area (Å²) >= 11 is 0. The van der Waals surface area contributed by atoms with E-state index < -0.39 is 6.08 Å². The van der Waals surface area contributed by atoms with Gasteiger partial charge in [0.1, 0.15) is 5.82 Å². The van der Waals surface area contributed by atoms with Crippen LogP contribution in [-0.4, -0.2) is 9.55 Å². The van der Waals surface area contributed by atoms with Crippen LogP contribution < -0.4 is 5.56 Å². The fraction of sp³-hybridized carbons (Fsp3) is 0.0769. The first kappa shape index (κ1) is 12.2. The van der Waals surface area contributed by atoms with Gasteiger partial charge in [-0.25, -0.2) is 4.98 Å². The van der Waals surface area contributed by atoms with Crippen LogP contribution in [0.5, 0.6) is 0 Å². The monoisotopic (exact) mass is 248 g/mol. The van der Waals surface area contributed by atoms with Crippen LogP contribution in [0.2, 0.25) is 0 Å². The minimum atomic E-state index is -1.76. The van der Waals surface area contributed by atoms with Gasteiger partial charge in [-0.15, -0.1) is 0 Å². The Bertz CT molecular complexity index is 616. The minimum Gasteiger partial charge on any atom is -0.269 e. The largest absolute Gasteiger partial charge is 0.269 e. The molecular weight excluding hydrogens is 238 g/mol. The van der Waals surface area contributed by atoms with Crippen molar-refractivity contribution in [3.63, 3.8) is 0 Å². The van der Waals surface area contributed by atoms with E-state index in [2.05, 4.69) is 4.98 Å². The molecule has 0 amide bonds. The summed E-state index contributed by atoms with van der Waals surface area (Å²) in [5.41, 5.74) is 0.174. The molecule has 0 aliphatic carbocycles. The van der Waals surface area contributed by atoms with E-state index in [0.717, 1.165) is 6.08 Å². The Labute approximate surface area is 102 Å². The maximum Gasteiger partial charge on any atom is 0.266 e. The second-order valence-corrected chi connectivity index (χ2v) is 3.58. The number of halogens is 2. The highest BCUT2D eigenvalue weighted by molar-refractivity contribution is 5.27. The van der Waals surface area contributed by atoms with Gasteiger partial charge in [0.2, 0.25) is 0 Å². The summed E-state index contributed by atoms with van der Waals surface area (Å²) < 4.78 is 25.5. The molecule has 3 nitrogen and oxygen atoms in total. The van der Waals surface area contributed by atoms with Gasteiger partial charge in [-0.05, 0) is 24.3 Å². The molecule has 0 aliphatic heterocycles. The van der Waals surface area contributed by atoms with Gasteiger partial charge < -0.3 is 0 Å². The molecular formula is C13H10F2N2O. The Hall–Kier alpha value is -2.30. The van der Waals surface area contributed by atoms with Crippen molar-refractivity contribution in [3.8, 4) is 5.82 Å². The molecule has 0 fully saturated rings. The molecule has 0 spiro atoms. The van der Waals surface area contributed by atoms with Crippen molar-refractivity contribution in [3.05, 3.63) is 70.8 Å². The molecule has 0 atom stereocenters. The third kappa shape index (κ3) is 2.68. The van der Waals surface area contributed by atoms with Crippen LogP contribution >= 0.6 is 0 Å². The van der Waals surface area contributed by atoms with E-state index in [1.807, 2.05) is 0 Å². The van der Waals surface area contributed by atoms with Gasteiger partial charge in [0.25, 0.3) is 11.6 Å². The Balaban J connectivity index is 2.52. The zero-order chi connectivity index (χ0) is 13.0. The first-order valence-electron chi connectivity index (χ1n) is 5.32. The molecule has 0 bridgehead atoms. The second-order valence-electron chi connectivity index (χ2n) is 3.58. The number of rotatable bonds is 3. The molecule has 0 saturated carbocycles. The first-order valence-corrected chi connectivity index (χ1v) is 5.32. The lowest BCUT2D eigenvalue weighted by molar-refractivity contribution is 0.418. The molecule has 2 rings (SSSR count). The van der Waals surface area contributed by atoms with Gasteiger partial charge in [0.05, 0.1) is 0 Å². The lowest BCUT2D eigenvalue weighted by Gasteiger charge is -2.09. The van der Waals surface area contributed by atoms with Crippen LogP contribution in [0.1, 0.15) is 5.69 Å². The van der Waals surface area contributed by atoms with Gasteiger partial charge in [-0.3, -0.25) is 9.36 Å². The van der Waals surface area contributed by atoms with Crippen LogP contribution in [0.15, 0.2) is 59.5 Å². The van der Waals surface area contributed by atoms with Gasteiger partial charge >= 0.3 is 0 Å². The van der Waals surface area contributed by atoms with Crippen LogP contribution in [0.25, 0.3) is 5.82 Å². The van der Waals surface area contributed by atoms with Gasteiger partial charge in [-0.2, -0.15) is 8.78 Å². The third-order valence-corrected chi connectivity index (χ3v) is 2.38. The Morgan fingerprint density at radius 2 is 2.06 bits per heavy atom. The summed E-state index contributed by atoms with van der Waals surface area (Å²) in [5.74, 6) is 0.422. The summed E-state index contributed by atoms with van der Waals surface area (Å²) in [6.45, 7) is 0. The Kier molecular flexibility index (Phi) is 3.62. The number of hydrogen-bond acceptors (Lipinski definition) is 2. The Morgan fingerprint density at radius 1 is 1.22 bits per heavy atom. The average molecular weight is 248 g/mol. The summed E-state index contributed by atoms with van der Waals surface area (Å²) in [7, 11) is 0. The van der Waals surface area contributed by atoms with Crippen LogP contribution in [0.3, 0.4) is 0 Å². The highest BCUT2D eigenvalue weighted by Gasteiger charge is 2.06. The summed E-state index contributed by atoms with van der Waals surface area (Å²) in [6, 6.07) is 9.64. The highest BCUT2D eigenvalue weighted by atomic mass is 19.3. The van der Waals surface area contributed by atoms with Crippen LogP contribution in [0.4, 0.5) is 8.78 Å². The molecule has 18 heavy (non-hydrogen) atoms. The number of pyridine rings is 2. The standard InChI is InChI=1S/C13H10F2N2O/c14-11(15)8-7-10-4-3-6-13(18)17(10)12-5-1-2-9-16-12/h1-6,8-9H,7H2. The van der Waals surface area contributed by atoms with E-state index in [1.165, 1.54) is 10.6 Å². The van der Waals surface area contributed by atoms with E-state index >= 15 is 0 Å². The molecule has 2 aromatic rings. The Morgan fingerprint density at radius 3 is 2.72 bits per heavy atom. The topological polar surface area (TPSA) is 34.9 Å². The van der Waals surface area contributed by atoms with E-state index in [4.69, 9.17) is 0 Å². The quantitative estimate of drug-likeness (QED) is 0.836. The zero-order valence-electron chi connectivity index (χ0n) is 9.38. The summed E-state index contributed by atoms with van der Waals surface area (Å²) in [6.07, 6.45) is 0.534. The normalized spacial score (nSPS) is 10.1. The smallest absolute Gasteiger partial charge is 0.266 e. The fourth-order valence-corrected chi connectivity index (χ4v) is 1.62. The van der Waals surface area contributed by atoms with Crippen LogP contribution in [0, 0.1) is 0 Å². The van der Waals surface area contributed by atoms with Crippen molar-refractivity contribution in [1.29, 1.82) is 0 Å². The first-order chi connectivity index (χ1) is 8.68. The molecule has 0 radical (unpaired) electrons. The lowest BCUT2D eigenvalue weighted by Crippen LogP contribution is -2.21. The predicted molar refractivity (Wildman–Crippen MR) is 63.8 cm³/mol. The minimum absolute atomic E-state index is 0.0189. The second kappa shape index (κ2) is 5.35. The molecule has 0 saturated heterocycles. The number of nitrogens with zero attached hydrogens (tertiary/aromatic N) is 2. The summed E-state index contributed by atoms with van der Waals surface area (Å²) in [5, 5.41) is 0. The van der Waals surface area contributed by atoms with E-state index in [1.54, 1.807) is 36.5 Å². The summed E-state index contributed by atoms with van der Waals surface area (Å²) in [4.78, 5) is 15.9. The van der Waals surface area contributed by atoms with E-state index in [-0.39, 0.29) is 12.0 Å². The molecule has 92 valence electrons. The highest BCUT2D eigenvalue weighted by Crippen LogP contribution is 2.08. The molecule has 5 heteroatoms. The zero-order valence-corrected chi connectivity index (χ0v) is 9.38. The van der Waals surface area contributed by atoms with Gasteiger partial charge in [-0.1, -0.05) is 12.1 Å². The van der Waals surface area contributed by atoms with Crippen molar-refractivity contribution >= 4 is 0 Å². The van der Waals surface area contributed by atoms with Crippen molar-refractivity contribution in [2.24, 2.45) is 0 Å². The van der Waals surface area contributed by atoms with Crippen LogP contribution in [-0.2, 0) is 6.42 Å². The van der Waals surface area contributed by atoms with E-state index in [9.17, 15) is 13.6 Å². The van der Waals surface area contributed by atoms with Crippen molar-refractivity contribution in [1.82, 2.24) is 9.55 Å². The van der Waals surface area contributed by atoms with Crippen molar-refractivity contribution < 1.29 is 8.78 Å². The number of allylic oxidation sites excluding steroid dienone is 1. The number of hydrogen-bond donors (Lipinski definition) is 0. The molecule has 0 aliphatic rings. The third-order valence-electron chi connectivity index (χ3n) is 2.38. The number of aromatic nitrogens is 2. The van der Waals surface area contributed by atoms with Crippen molar-refractivity contribution in [2.75, 3.05) is 0 Å². The van der Waals surface area contributed by atoms with E-state index in [0.29, 0.717) is 11.5 Å². The maximum atomic E-state index is 12.1. The average Bonchev–Trinajstić information content (AvgIpc) is 2.37. The van der Waals surface area contributed by atoms with Gasteiger partial charge in [0.15, 0.2) is 0 Å².